The van der Waals surface area contributed by atoms with Crippen molar-refractivity contribution in [3.63, 3.8) is 0 Å². The quantitative estimate of drug-likeness (QED) is 0.882. The summed E-state index contributed by atoms with van der Waals surface area (Å²) in [4.78, 5) is 15.9. The number of rotatable bonds is 6. The molecule has 0 bridgehead atoms. The minimum Gasteiger partial charge on any atom is -0.493 e. The molecule has 1 amide bonds. The lowest BCUT2D eigenvalue weighted by atomic mass is 10.1. The Kier molecular flexibility index (Phi) is 5.15. The lowest BCUT2D eigenvalue weighted by molar-refractivity contribution is -0.120. The summed E-state index contributed by atoms with van der Waals surface area (Å²) in [5, 5.41) is 2.87. The van der Waals surface area contributed by atoms with E-state index in [0.29, 0.717) is 24.5 Å². The minimum atomic E-state index is -0.0426. The van der Waals surface area contributed by atoms with Gasteiger partial charge in [-0.3, -0.25) is 9.78 Å². The molecule has 1 aromatic heterocycles. The summed E-state index contributed by atoms with van der Waals surface area (Å²) in [6, 6.07) is 9.20. The lowest BCUT2D eigenvalue weighted by Gasteiger charge is -2.10. The molecule has 0 saturated heterocycles. The van der Waals surface area contributed by atoms with E-state index in [4.69, 9.17) is 9.47 Å². The third kappa shape index (κ3) is 4.21. The van der Waals surface area contributed by atoms with Gasteiger partial charge in [0.1, 0.15) is 0 Å². The normalized spacial score (nSPS) is 10.0. The third-order valence-corrected chi connectivity index (χ3v) is 3.05. The molecule has 5 nitrogen and oxygen atoms in total. The van der Waals surface area contributed by atoms with Crippen LogP contribution in [0.1, 0.15) is 11.1 Å². The number of amides is 1. The van der Waals surface area contributed by atoms with Crippen molar-refractivity contribution in [2.75, 3.05) is 14.2 Å². The van der Waals surface area contributed by atoms with Gasteiger partial charge >= 0.3 is 0 Å². The van der Waals surface area contributed by atoms with Crippen LogP contribution in [0.3, 0.4) is 0 Å². The average molecular weight is 286 g/mol. The molecular formula is C16H18N2O3. The Balaban J connectivity index is 1.93. The van der Waals surface area contributed by atoms with Gasteiger partial charge < -0.3 is 14.8 Å². The van der Waals surface area contributed by atoms with Crippen molar-refractivity contribution in [2.24, 2.45) is 0 Å². The SMILES string of the molecule is COc1ccc(CC(=O)NCc2ccncc2)cc1OC. The number of aromatic nitrogens is 1. The van der Waals surface area contributed by atoms with Gasteiger partial charge in [0, 0.05) is 18.9 Å². The highest BCUT2D eigenvalue weighted by Gasteiger charge is 2.08. The van der Waals surface area contributed by atoms with Crippen LogP contribution in [-0.2, 0) is 17.8 Å². The molecule has 2 aromatic rings. The van der Waals surface area contributed by atoms with Crippen molar-refractivity contribution >= 4 is 5.91 Å². The Bertz CT molecular complexity index is 600. The first-order valence-corrected chi connectivity index (χ1v) is 6.59. The number of methoxy groups -OCH3 is 2. The second kappa shape index (κ2) is 7.28. The molecule has 110 valence electrons. The Hall–Kier alpha value is -2.56. The van der Waals surface area contributed by atoms with Gasteiger partial charge in [-0.15, -0.1) is 0 Å². The zero-order valence-corrected chi connectivity index (χ0v) is 12.1. The fourth-order valence-corrected chi connectivity index (χ4v) is 1.94. The number of benzene rings is 1. The number of ether oxygens (including phenoxy) is 2. The molecule has 2 rings (SSSR count). The van der Waals surface area contributed by atoms with Crippen LogP contribution in [0.5, 0.6) is 11.5 Å². The second-order valence-corrected chi connectivity index (χ2v) is 4.50. The number of nitrogens with zero attached hydrogens (tertiary/aromatic N) is 1. The highest BCUT2D eigenvalue weighted by molar-refractivity contribution is 5.78. The van der Waals surface area contributed by atoms with Gasteiger partial charge in [0.25, 0.3) is 0 Å². The summed E-state index contributed by atoms with van der Waals surface area (Å²) in [5.41, 5.74) is 1.89. The van der Waals surface area contributed by atoms with Crippen molar-refractivity contribution in [3.05, 3.63) is 53.9 Å². The molecule has 0 unspecified atom stereocenters. The van der Waals surface area contributed by atoms with Gasteiger partial charge in [0.05, 0.1) is 20.6 Å². The number of carbonyl (C=O) groups is 1. The molecule has 0 radical (unpaired) electrons. The Morgan fingerprint density at radius 2 is 1.76 bits per heavy atom. The molecule has 0 aliphatic carbocycles. The van der Waals surface area contributed by atoms with Gasteiger partial charge in [0.15, 0.2) is 11.5 Å². The Morgan fingerprint density at radius 1 is 1.05 bits per heavy atom. The van der Waals surface area contributed by atoms with Crippen LogP contribution < -0.4 is 14.8 Å². The molecule has 0 atom stereocenters. The average Bonchev–Trinajstić information content (AvgIpc) is 2.53. The number of nitrogens with one attached hydrogen (secondary N) is 1. The maximum absolute atomic E-state index is 11.9. The monoisotopic (exact) mass is 286 g/mol. The van der Waals surface area contributed by atoms with Crippen LogP contribution in [0.15, 0.2) is 42.7 Å². The summed E-state index contributed by atoms with van der Waals surface area (Å²) >= 11 is 0. The topological polar surface area (TPSA) is 60.5 Å². The van der Waals surface area contributed by atoms with Gasteiger partial charge in [-0.25, -0.2) is 0 Å². The van der Waals surface area contributed by atoms with E-state index in [-0.39, 0.29) is 5.91 Å². The smallest absolute Gasteiger partial charge is 0.224 e. The third-order valence-electron chi connectivity index (χ3n) is 3.05. The van der Waals surface area contributed by atoms with Gasteiger partial charge in [-0.1, -0.05) is 6.07 Å². The first-order valence-electron chi connectivity index (χ1n) is 6.59. The number of pyridine rings is 1. The van der Waals surface area contributed by atoms with Crippen LogP contribution in [0.4, 0.5) is 0 Å². The molecule has 5 heteroatoms. The summed E-state index contributed by atoms with van der Waals surface area (Å²) < 4.78 is 10.4. The van der Waals surface area contributed by atoms with E-state index in [0.717, 1.165) is 11.1 Å². The summed E-state index contributed by atoms with van der Waals surface area (Å²) in [6.45, 7) is 0.495. The molecule has 0 spiro atoms. The number of hydrogen-bond acceptors (Lipinski definition) is 4. The van der Waals surface area contributed by atoms with E-state index >= 15 is 0 Å². The fourth-order valence-electron chi connectivity index (χ4n) is 1.94. The van der Waals surface area contributed by atoms with Crippen molar-refractivity contribution < 1.29 is 14.3 Å². The van der Waals surface area contributed by atoms with E-state index in [1.54, 1.807) is 32.7 Å². The molecular weight excluding hydrogens is 268 g/mol. The standard InChI is InChI=1S/C16H18N2O3/c1-20-14-4-3-13(9-15(14)21-2)10-16(19)18-11-12-5-7-17-8-6-12/h3-9H,10-11H2,1-2H3,(H,18,19). The van der Waals surface area contributed by atoms with Crippen molar-refractivity contribution in [1.82, 2.24) is 10.3 Å². The Labute approximate surface area is 123 Å². The van der Waals surface area contributed by atoms with Crippen molar-refractivity contribution in [3.8, 4) is 11.5 Å². The van der Waals surface area contributed by atoms with E-state index in [2.05, 4.69) is 10.3 Å². The molecule has 0 aliphatic heterocycles. The minimum absolute atomic E-state index is 0.0426. The maximum Gasteiger partial charge on any atom is 0.224 e. The van der Waals surface area contributed by atoms with Crippen LogP contribution in [0, 0.1) is 0 Å². The summed E-state index contributed by atoms with van der Waals surface area (Å²) in [5.74, 6) is 1.23. The van der Waals surface area contributed by atoms with E-state index in [1.807, 2.05) is 24.3 Å². The van der Waals surface area contributed by atoms with Crippen LogP contribution >= 0.6 is 0 Å². The van der Waals surface area contributed by atoms with Crippen molar-refractivity contribution in [2.45, 2.75) is 13.0 Å². The van der Waals surface area contributed by atoms with Crippen LogP contribution in [-0.4, -0.2) is 25.1 Å². The molecule has 0 saturated carbocycles. The zero-order valence-electron chi connectivity index (χ0n) is 12.1. The van der Waals surface area contributed by atoms with E-state index in [1.165, 1.54) is 0 Å². The largest absolute Gasteiger partial charge is 0.493 e. The van der Waals surface area contributed by atoms with E-state index in [9.17, 15) is 4.79 Å². The van der Waals surface area contributed by atoms with E-state index < -0.39 is 0 Å². The van der Waals surface area contributed by atoms with Crippen LogP contribution in [0.2, 0.25) is 0 Å². The number of carbonyl (C=O) groups excluding carboxylic acids is 1. The van der Waals surface area contributed by atoms with Crippen LogP contribution in [0.25, 0.3) is 0 Å². The molecule has 1 aromatic carbocycles. The predicted molar refractivity (Wildman–Crippen MR) is 79.3 cm³/mol. The maximum atomic E-state index is 11.9. The van der Waals surface area contributed by atoms with Gasteiger partial charge in [-0.2, -0.15) is 0 Å². The second-order valence-electron chi connectivity index (χ2n) is 4.50. The van der Waals surface area contributed by atoms with Gasteiger partial charge in [0.2, 0.25) is 5.91 Å². The zero-order chi connectivity index (χ0) is 15.1. The molecule has 1 N–H and O–H groups in total. The predicted octanol–water partition coefficient (Wildman–Crippen LogP) is 1.96. The summed E-state index contributed by atoms with van der Waals surface area (Å²) in [7, 11) is 3.16. The first-order chi connectivity index (χ1) is 10.2. The highest BCUT2D eigenvalue weighted by atomic mass is 16.5. The fraction of sp³-hybridized carbons (Fsp3) is 0.250. The van der Waals surface area contributed by atoms with Crippen molar-refractivity contribution in [1.29, 1.82) is 0 Å². The Morgan fingerprint density at radius 3 is 2.43 bits per heavy atom. The highest BCUT2D eigenvalue weighted by Crippen LogP contribution is 2.27. The lowest BCUT2D eigenvalue weighted by Crippen LogP contribution is -2.24. The first kappa shape index (κ1) is 14.8. The molecule has 21 heavy (non-hydrogen) atoms. The molecule has 1 heterocycles. The molecule has 0 fully saturated rings. The molecule has 0 aliphatic rings. The van der Waals surface area contributed by atoms with Gasteiger partial charge in [-0.05, 0) is 35.4 Å². The number of hydrogen-bond donors (Lipinski definition) is 1. The summed E-state index contributed by atoms with van der Waals surface area (Å²) in [6.07, 6.45) is 3.71.